The number of urea groups is 1. The lowest BCUT2D eigenvalue weighted by Crippen LogP contribution is -2.44. The van der Waals surface area contributed by atoms with E-state index in [9.17, 15) is 9.59 Å². The van der Waals surface area contributed by atoms with Crippen LogP contribution >= 0.6 is 50.9 Å². The van der Waals surface area contributed by atoms with Gasteiger partial charge in [-0.3, -0.25) is 0 Å². The first-order chi connectivity index (χ1) is 9.41. The second-order valence-electron chi connectivity index (χ2n) is 3.98. The summed E-state index contributed by atoms with van der Waals surface area (Å²) >= 11 is 16.6. The second kappa shape index (κ2) is 6.43. The molecule has 1 aromatic carbocycles. The van der Waals surface area contributed by atoms with Crippen molar-refractivity contribution in [3.63, 3.8) is 0 Å². The maximum Gasteiger partial charge on any atom is 0.327 e. The maximum atomic E-state index is 12.1. The minimum absolute atomic E-state index is 0.202. The Morgan fingerprint density at radius 3 is 2.75 bits per heavy atom. The van der Waals surface area contributed by atoms with E-state index in [0.717, 1.165) is 0 Å². The van der Waals surface area contributed by atoms with Crippen LogP contribution in [0.2, 0.25) is 10.0 Å². The van der Waals surface area contributed by atoms with E-state index in [-0.39, 0.29) is 10.0 Å². The summed E-state index contributed by atoms with van der Waals surface area (Å²) in [6.07, 6.45) is 0. The lowest BCUT2D eigenvalue weighted by Gasteiger charge is -2.21. The van der Waals surface area contributed by atoms with Gasteiger partial charge in [-0.25, -0.2) is 9.59 Å². The Hall–Kier alpha value is -0.630. The summed E-state index contributed by atoms with van der Waals surface area (Å²) in [5.74, 6) is -0.326. The fourth-order valence-corrected chi connectivity index (χ4v) is 3.62. The molecule has 5 nitrogen and oxygen atoms in total. The smallest absolute Gasteiger partial charge is 0.327 e. The average Bonchev–Trinajstić information content (AvgIpc) is 2.89. The molecule has 0 radical (unpaired) electrons. The van der Waals surface area contributed by atoms with Gasteiger partial charge in [0.05, 0.1) is 21.6 Å². The van der Waals surface area contributed by atoms with Crippen molar-refractivity contribution in [2.75, 3.05) is 16.9 Å². The minimum Gasteiger partial charge on any atom is -0.480 e. The molecule has 2 N–H and O–H groups in total. The van der Waals surface area contributed by atoms with Crippen LogP contribution in [0.4, 0.5) is 10.5 Å². The van der Waals surface area contributed by atoms with E-state index in [0.29, 0.717) is 21.8 Å². The predicted octanol–water partition coefficient (Wildman–Crippen LogP) is 3.75. The number of anilines is 1. The molecule has 2 amide bonds. The molecule has 9 heteroatoms. The molecule has 1 heterocycles. The van der Waals surface area contributed by atoms with Gasteiger partial charge in [0.1, 0.15) is 6.04 Å². The van der Waals surface area contributed by atoms with Crippen LogP contribution in [0, 0.1) is 0 Å². The number of carbonyl (C=O) groups excluding carboxylic acids is 1. The van der Waals surface area contributed by atoms with Crippen molar-refractivity contribution in [2.45, 2.75) is 6.04 Å². The zero-order chi connectivity index (χ0) is 14.9. The Labute approximate surface area is 137 Å². The molecule has 0 aliphatic carbocycles. The molecule has 1 aromatic rings. The van der Waals surface area contributed by atoms with Crippen LogP contribution in [-0.2, 0) is 4.79 Å². The molecule has 1 atom stereocenters. The number of aliphatic carboxylic acids is 1. The molecule has 2 rings (SSSR count). The highest BCUT2D eigenvalue weighted by molar-refractivity contribution is 9.10. The molecular weight excluding hydrogens is 391 g/mol. The first kappa shape index (κ1) is 15.8. The van der Waals surface area contributed by atoms with Gasteiger partial charge in [-0.2, -0.15) is 0 Å². The molecule has 0 spiro atoms. The lowest BCUT2D eigenvalue weighted by atomic mass is 10.3. The number of carboxylic acid groups (broad SMARTS) is 1. The Morgan fingerprint density at radius 2 is 2.10 bits per heavy atom. The topological polar surface area (TPSA) is 69.6 Å². The maximum absolute atomic E-state index is 12.1. The number of hydrogen-bond acceptors (Lipinski definition) is 3. The van der Waals surface area contributed by atoms with E-state index >= 15 is 0 Å². The van der Waals surface area contributed by atoms with Crippen molar-refractivity contribution in [3.05, 3.63) is 26.7 Å². The van der Waals surface area contributed by atoms with Crippen LogP contribution in [-0.4, -0.2) is 39.7 Å². The van der Waals surface area contributed by atoms with Crippen molar-refractivity contribution in [1.29, 1.82) is 0 Å². The molecule has 1 aliphatic rings. The summed E-state index contributed by atoms with van der Waals surface area (Å²) in [6.45, 7) is 0. The van der Waals surface area contributed by atoms with Crippen molar-refractivity contribution in [3.8, 4) is 0 Å². The molecule has 0 bridgehead atoms. The number of rotatable bonds is 2. The number of benzene rings is 1. The highest BCUT2D eigenvalue weighted by atomic mass is 79.9. The zero-order valence-electron chi connectivity index (χ0n) is 9.90. The summed E-state index contributed by atoms with van der Waals surface area (Å²) < 4.78 is 0.613. The average molecular weight is 400 g/mol. The first-order valence-corrected chi connectivity index (χ1v) is 8.14. The van der Waals surface area contributed by atoms with E-state index in [2.05, 4.69) is 21.2 Å². The lowest BCUT2D eigenvalue weighted by molar-refractivity contribution is -0.140. The Bertz CT molecular complexity index is 573. The Balaban J connectivity index is 2.16. The third kappa shape index (κ3) is 3.16. The largest absolute Gasteiger partial charge is 0.480 e. The molecule has 108 valence electrons. The molecular formula is C11H9BrCl2N2O3S. The van der Waals surface area contributed by atoms with Gasteiger partial charge < -0.3 is 15.3 Å². The first-order valence-electron chi connectivity index (χ1n) is 5.43. The van der Waals surface area contributed by atoms with Gasteiger partial charge in [0.2, 0.25) is 0 Å². The third-order valence-corrected chi connectivity index (χ3v) is 5.49. The Kier molecular flexibility index (Phi) is 5.06. The van der Waals surface area contributed by atoms with E-state index in [1.165, 1.54) is 16.7 Å². The summed E-state index contributed by atoms with van der Waals surface area (Å²) in [4.78, 5) is 24.4. The third-order valence-electron chi connectivity index (χ3n) is 2.71. The van der Waals surface area contributed by atoms with Gasteiger partial charge in [-0.1, -0.05) is 23.2 Å². The number of nitrogens with zero attached hydrogens (tertiary/aromatic N) is 1. The van der Waals surface area contributed by atoms with Crippen LogP contribution in [0.25, 0.3) is 0 Å². The number of nitrogens with one attached hydrogen (secondary N) is 1. The van der Waals surface area contributed by atoms with Crippen molar-refractivity contribution in [1.82, 2.24) is 4.90 Å². The van der Waals surface area contributed by atoms with Crippen molar-refractivity contribution in [2.24, 2.45) is 0 Å². The van der Waals surface area contributed by atoms with Gasteiger partial charge in [0.15, 0.2) is 0 Å². The fraction of sp³-hybridized carbons (Fsp3) is 0.273. The van der Waals surface area contributed by atoms with E-state index in [1.54, 1.807) is 12.1 Å². The highest BCUT2D eigenvalue weighted by Crippen LogP contribution is 2.36. The number of carboxylic acids is 1. The monoisotopic (exact) mass is 398 g/mol. The summed E-state index contributed by atoms with van der Waals surface area (Å²) in [6, 6.07) is 1.90. The minimum atomic E-state index is -1.02. The van der Waals surface area contributed by atoms with Gasteiger partial charge in [0, 0.05) is 10.2 Å². The Morgan fingerprint density at radius 1 is 1.40 bits per heavy atom. The van der Waals surface area contributed by atoms with E-state index in [4.69, 9.17) is 28.3 Å². The number of amides is 2. The molecule has 0 saturated carbocycles. The number of carbonyl (C=O) groups is 2. The van der Waals surface area contributed by atoms with Gasteiger partial charge in [-0.15, -0.1) is 11.8 Å². The normalized spacial score (nSPS) is 18.1. The van der Waals surface area contributed by atoms with Crippen molar-refractivity contribution >= 4 is 68.6 Å². The molecule has 20 heavy (non-hydrogen) atoms. The van der Waals surface area contributed by atoms with Gasteiger partial charge in [0.25, 0.3) is 0 Å². The second-order valence-corrected chi connectivity index (χ2v) is 6.59. The van der Waals surface area contributed by atoms with Crippen LogP contribution in [0.15, 0.2) is 16.6 Å². The standard InChI is InChI=1S/C11H9BrCl2N2O3S/c12-5-1-2-6(9(14)8(5)13)15-11(19)16-4-20-3-7(16)10(17)18/h1-2,7H,3-4H2,(H,15,19)(H,17,18)/t7-/m0/s1. The quantitative estimate of drug-likeness (QED) is 0.743. The van der Waals surface area contributed by atoms with Crippen LogP contribution in [0.5, 0.6) is 0 Å². The summed E-state index contributed by atoms with van der Waals surface area (Å²) in [7, 11) is 0. The molecule has 0 aromatic heterocycles. The molecule has 1 fully saturated rings. The number of hydrogen-bond donors (Lipinski definition) is 2. The van der Waals surface area contributed by atoms with Gasteiger partial charge in [-0.05, 0) is 28.1 Å². The van der Waals surface area contributed by atoms with E-state index < -0.39 is 18.0 Å². The van der Waals surface area contributed by atoms with Crippen LogP contribution < -0.4 is 5.32 Å². The van der Waals surface area contributed by atoms with Crippen LogP contribution in [0.3, 0.4) is 0 Å². The van der Waals surface area contributed by atoms with Crippen molar-refractivity contribution < 1.29 is 14.7 Å². The molecule has 1 aliphatic heterocycles. The zero-order valence-corrected chi connectivity index (χ0v) is 13.8. The van der Waals surface area contributed by atoms with E-state index in [1.807, 2.05) is 0 Å². The summed E-state index contributed by atoms with van der Waals surface area (Å²) in [5, 5.41) is 12.1. The molecule has 1 saturated heterocycles. The number of halogens is 3. The predicted molar refractivity (Wildman–Crippen MR) is 83.8 cm³/mol. The molecule has 0 unspecified atom stereocenters. The van der Waals surface area contributed by atoms with Gasteiger partial charge >= 0.3 is 12.0 Å². The SMILES string of the molecule is O=C(O)[C@@H]1CSCN1C(=O)Nc1ccc(Br)c(Cl)c1Cl. The fourth-order valence-electron chi connectivity index (χ4n) is 1.66. The number of thioether (sulfide) groups is 1. The highest BCUT2D eigenvalue weighted by Gasteiger charge is 2.34. The van der Waals surface area contributed by atoms with Crippen LogP contribution in [0.1, 0.15) is 0 Å². The summed E-state index contributed by atoms with van der Waals surface area (Å²) in [5.41, 5.74) is 0.339.